The first-order chi connectivity index (χ1) is 16.3. The largest absolute Gasteiger partial charge is 0.443 e. The van der Waals surface area contributed by atoms with Crippen molar-refractivity contribution in [3.8, 4) is 0 Å². The zero-order chi connectivity index (χ0) is 24.5. The Bertz CT molecular complexity index is 739. The molecule has 1 saturated carbocycles. The summed E-state index contributed by atoms with van der Waals surface area (Å²) >= 11 is 0. The van der Waals surface area contributed by atoms with Crippen LogP contribution in [0.1, 0.15) is 66.7 Å². The Labute approximate surface area is 206 Å². The van der Waals surface area contributed by atoms with Crippen LogP contribution in [0, 0.1) is 11.8 Å². The highest BCUT2D eigenvalue weighted by atomic mass is 16.6. The van der Waals surface area contributed by atoms with Gasteiger partial charge in [0, 0.05) is 20.2 Å². The van der Waals surface area contributed by atoms with Gasteiger partial charge in [0.2, 0.25) is 0 Å². The number of nitrogens with zero attached hydrogens (tertiary/aromatic N) is 2. The maximum atomic E-state index is 12.9. The van der Waals surface area contributed by atoms with Crippen molar-refractivity contribution in [3.05, 3.63) is 11.6 Å². The molecule has 4 aliphatic rings. The average molecular weight is 479 g/mol. The van der Waals surface area contributed by atoms with Gasteiger partial charge in [-0.15, -0.1) is 0 Å². The predicted molar refractivity (Wildman–Crippen MR) is 132 cm³/mol. The molecular weight excluding hydrogens is 432 g/mol. The van der Waals surface area contributed by atoms with Crippen LogP contribution >= 0.6 is 0 Å². The monoisotopic (exact) mass is 478 g/mol. The number of hydrogen-bond acceptors (Lipinski definition) is 6. The number of ether oxygens (including phenoxy) is 4. The second-order valence-electron chi connectivity index (χ2n) is 11.2. The topological polar surface area (TPSA) is 67.1 Å². The molecule has 0 aromatic rings. The van der Waals surface area contributed by atoms with Gasteiger partial charge in [0.1, 0.15) is 23.4 Å². The van der Waals surface area contributed by atoms with Crippen molar-refractivity contribution in [1.82, 2.24) is 9.80 Å². The van der Waals surface area contributed by atoms with Crippen molar-refractivity contribution in [3.63, 3.8) is 0 Å². The third kappa shape index (κ3) is 5.32. The molecule has 7 heteroatoms. The van der Waals surface area contributed by atoms with Crippen LogP contribution in [0.2, 0.25) is 0 Å². The van der Waals surface area contributed by atoms with Gasteiger partial charge in [0.05, 0.1) is 18.6 Å². The first-order valence-corrected chi connectivity index (χ1v) is 13.4. The second-order valence-corrected chi connectivity index (χ2v) is 11.2. The van der Waals surface area contributed by atoms with Crippen molar-refractivity contribution in [2.75, 3.05) is 46.4 Å². The first-order valence-electron chi connectivity index (χ1n) is 13.4. The molecule has 0 unspecified atom stereocenters. The Balaban J connectivity index is 1.29. The van der Waals surface area contributed by atoms with E-state index in [-0.39, 0.29) is 41.5 Å². The first kappa shape index (κ1) is 25.9. The highest BCUT2D eigenvalue weighted by Crippen LogP contribution is 2.59. The average Bonchev–Trinajstić information content (AvgIpc) is 3.69. The van der Waals surface area contributed by atoms with Crippen LogP contribution < -0.4 is 0 Å². The van der Waals surface area contributed by atoms with E-state index < -0.39 is 0 Å². The summed E-state index contributed by atoms with van der Waals surface area (Å²) in [6.45, 7) is 16.6. The van der Waals surface area contributed by atoms with Crippen LogP contribution in [-0.2, 0) is 18.9 Å². The highest BCUT2D eigenvalue weighted by molar-refractivity contribution is 5.69. The third-order valence-corrected chi connectivity index (χ3v) is 8.69. The van der Waals surface area contributed by atoms with Gasteiger partial charge in [-0.3, -0.25) is 0 Å². The van der Waals surface area contributed by atoms with Gasteiger partial charge >= 0.3 is 6.09 Å². The lowest BCUT2D eigenvalue weighted by Crippen LogP contribution is -2.57. The Hall–Kier alpha value is -1.15. The summed E-state index contributed by atoms with van der Waals surface area (Å²) in [4.78, 5) is 17.2. The van der Waals surface area contributed by atoms with Gasteiger partial charge in [-0.2, -0.15) is 0 Å². The fourth-order valence-corrected chi connectivity index (χ4v) is 6.32. The van der Waals surface area contributed by atoms with Crippen LogP contribution in [0.15, 0.2) is 11.6 Å². The number of epoxide rings is 2. The smallest absolute Gasteiger partial charge is 0.410 e. The molecule has 194 valence electrons. The standard InChI is InChI=1S/C27H46N2O5/c1-7-28(8-2)15-9-10-20-16-29(17-20)25(30)33-21-13-14-27(18-32-27)24(23(21)31-6)26(5)22(34-26)12-11-19(3)4/h11,20-24H,7-10,12-18H2,1-6H3/t21-,22-,23-,24-,26+,27+/m1/s1. The molecule has 3 heterocycles. The SMILES string of the molecule is CCN(CC)CCCC1CN(C(=O)O[C@@H]2CC[C@]3(CO3)[C@@H]([C@@]3(C)O[C@@H]3CC=C(C)C)[C@@H]2OC)C1. The lowest BCUT2D eigenvalue weighted by atomic mass is 9.68. The van der Waals surface area contributed by atoms with Crippen LogP contribution in [0.4, 0.5) is 4.79 Å². The fraction of sp³-hybridized carbons (Fsp3) is 0.889. The van der Waals surface area contributed by atoms with Crippen molar-refractivity contribution in [2.45, 2.75) is 96.2 Å². The zero-order valence-electron chi connectivity index (χ0n) is 22.2. The molecule has 34 heavy (non-hydrogen) atoms. The summed E-state index contributed by atoms with van der Waals surface area (Å²) in [6.07, 6.45) is 6.66. The Morgan fingerprint density at radius 3 is 2.53 bits per heavy atom. The molecule has 4 rings (SSSR count). The number of carbonyl (C=O) groups is 1. The lowest BCUT2D eigenvalue weighted by Gasteiger charge is -2.44. The molecule has 6 atom stereocenters. The lowest BCUT2D eigenvalue weighted by molar-refractivity contribution is -0.124. The van der Waals surface area contributed by atoms with Crippen molar-refractivity contribution in [2.24, 2.45) is 11.8 Å². The molecule has 3 aliphatic heterocycles. The number of amides is 1. The molecule has 4 fully saturated rings. The molecule has 0 radical (unpaired) electrons. The highest BCUT2D eigenvalue weighted by Gasteiger charge is 2.72. The number of hydrogen-bond donors (Lipinski definition) is 0. The molecule has 0 aromatic carbocycles. The molecule has 0 bridgehead atoms. The van der Waals surface area contributed by atoms with Gasteiger partial charge in [0.15, 0.2) is 0 Å². The fourth-order valence-electron chi connectivity index (χ4n) is 6.32. The molecule has 3 saturated heterocycles. The van der Waals surface area contributed by atoms with Crippen molar-refractivity contribution in [1.29, 1.82) is 0 Å². The van der Waals surface area contributed by atoms with Crippen molar-refractivity contribution >= 4 is 6.09 Å². The summed E-state index contributed by atoms with van der Waals surface area (Å²) in [5.74, 6) is 0.662. The van der Waals surface area contributed by atoms with E-state index in [1.165, 1.54) is 18.4 Å². The summed E-state index contributed by atoms with van der Waals surface area (Å²) < 4.78 is 24.3. The minimum absolute atomic E-state index is 0.0660. The molecule has 7 nitrogen and oxygen atoms in total. The summed E-state index contributed by atoms with van der Waals surface area (Å²) in [7, 11) is 1.73. The summed E-state index contributed by atoms with van der Waals surface area (Å²) in [6, 6.07) is 0. The van der Waals surface area contributed by atoms with E-state index in [1.807, 2.05) is 4.90 Å². The third-order valence-electron chi connectivity index (χ3n) is 8.69. The van der Waals surface area contributed by atoms with E-state index >= 15 is 0 Å². The van der Waals surface area contributed by atoms with Gasteiger partial charge in [-0.1, -0.05) is 25.5 Å². The zero-order valence-corrected chi connectivity index (χ0v) is 22.2. The van der Waals surface area contributed by atoms with E-state index in [4.69, 9.17) is 18.9 Å². The van der Waals surface area contributed by atoms with E-state index in [0.29, 0.717) is 5.92 Å². The summed E-state index contributed by atoms with van der Waals surface area (Å²) in [5.41, 5.74) is 0.806. The van der Waals surface area contributed by atoms with E-state index in [2.05, 4.69) is 45.6 Å². The minimum Gasteiger partial charge on any atom is -0.443 e. The van der Waals surface area contributed by atoms with Gasteiger partial charge in [0.25, 0.3) is 0 Å². The minimum atomic E-state index is -0.305. The van der Waals surface area contributed by atoms with Gasteiger partial charge in [-0.25, -0.2) is 4.79 Å². The number of methoxy groups -OCH3 is 1. The molecule has 1 amide bonds. The number of carbonyl (C=O) groups excluding carboxylic acids is 1. The molecule has 1 spiro atoms. The summed E-state index contributed by atoms with van der Waals surface area (Å²) in [5, 5.41) is 0. The molecule has 1 aliphatic carbocycles. The Morgan fingerprint density at radius 1 is 1.24 bits per heavy atom. The van der Waals surface area contributed by atoms with Crippen LogP contribution in [0.25, 0.3) is 0 Å². The van der Waals surface area contributed by atoms with E-state index in [1.54, 1.807) is 7.11 Å². The predicted octanol–water partition coefficient (Wildman–Crippen LogP) is 4.25. The molecular formula is C27H46N2O5. The van der Waals surface area contributed by atoms with E-state index in [0.717, 1.165) is 58.6 Å². The van der Waals surface area contributed by atoms with Gasteiger partial charge in [-0.05, 0) is 78.4 Å². The molecule has 0 N–H and O–H groups in total. The normalized spacial score (nSPS) is 37.0. The second kappa shape index (κ2) is 10.5. The number of likely N-dealkylation sites (tertiary alicyclic amines) is 1. The maximum Gasteiger partial charge on any atom is 0.410 e. The quantitative estimate of drug-likeness (QED) is 0.327. The van der Waals surface area contributed by atoms with E-state index in [9.17, 15) is 4.79 Å². The van der Waals surface area contributed by atoms with Gasteiger partial charge < -0.3 is 28.7 Å². The number of rotatable bonds is 11. The Kier molecular flexibility index (Phi) is 7.97. The van der Waals surface area contributed by atoms with Crippen LogP contribution in [0.3, 0.4) is 0 Å². The van der Waals surface area contributed by atoms with Crippen LogP contribution in [-0.4, -0.2) is 91.8 Å². The van der Waals surface area contributed by atoms with Crippen LogP contribution in [0.5, 0.6) is 0 Å². The number of allylic oxidation sites excluding steroid dienone is 1. The Morgan fingerprint density at radius 2 is 1.94 bits per heavy atom. The molecule has 0 aromatic heterocycles. The maximum absolute atomic E-state index is 12.9. The van der Waals surface area contributed by atoms with Crippen molar-refractivity contribution < 1.29 is 23.7 Å².